The lowest BCUT2D eigenvalue weighted by atomic mass is 10.0. The zero-order valence-electron chi connectivity index (χ0n) is 11.6. The standard InChI is InChI=1S/C13H21O5P/c1-4-7-8-11(14)12-9(5-2)10(6-3)13(18-12)19(15,16)17/h4-8H2,1-3H3,(H2,15,16,17). The van der Waals surface area contributed by atoms with Crippen LogP contribution in [0.3, 0.4) is 0 Å². The molecule has 108 valence electrons. The van der Waals surface area contributed by atoms with Gasteiger partial charge in [-0.3, -0.25) is 9.36 Å². The Morgan fingerprint density at radius 1 is 1.16 bits per heavy atom. The van der Waals surface area contributed by atoms with E-state index in [1.807, 2.05) is 13.8 Å². The van der Waals surface area contributed by atoms with Crippen molar-refractivity contribution in [3.05, 3.63) is 16.9 Å². The number of hydrogen-bond donors (Lipinski definition) is 2. The molecule has 0 aliphatic carbocycles. The number of furan rings is 1. The molecule has 5 nitrogen and oxygen atoms in total. The van der Waals surface area contributed by atoms with E-state index < -0.39 is 7.60 Å². The number of hydrogen-bond acceptors (Lipinski definition) is 3. The first-order valence-electron chi connectivity index (χ1n) is 6.60. The minimum absolute atomic E-state index is 0.131. The summed E-state index contributed by atoms with van der Waals surface area (Å²) in [6, 6.07) is 0. The van der Waals surface area contributed by atoms with E-state index in [1.54, 1.807) is 6.92 Å². The largest absolute Gasteiger partial charge is 0.444 e. The molecule has 1 aromatic heterocycles. The van der Waals surface area contributed by atoms with Crippen molar-refractivity contribution in [1.82, 2.24) is 0 Å². The van der Waals surface area contributed by atoms with Gasteiger partial charge in [-0.2, -0.15) is 0 Å². The zero-order valence-corrected chi connectivity index (χ0v) is 12.5. The summed E-state index contributed by atoms with van der Waals surface area (Å²) in [7, 11) is -4.48. The third-order valence-corrected chi connectivity index (χ3v) is 3.97. The summed E-state index contributed by atoms with van der Waals surface area (Å²) >= 11 is 0. The fourth-order valence-electron chi connectivity index (χ4n) is 2.14. The van der Waals surface area contributed by atoms with Crippen LogP contribution >= 0.6 is 7.60 Å². The van der Waals surface area contributed by atoms with Gasteiger partial charge in [0, 0.05) is 17.5 Å². The fraction of sp³-hybridized carbons (Fsp3) is 0.615. The molecule has 0 unspecified atom stereocenters. The maximum atomic E-state index is 12.0. The Hall–Kier alpha value is -0.900. The Kier molecular flexibility index (Phi) is 5.53. The minimum Gasteiger partial charge on any atom is -0.444 e. The summed E-state index contributed by atoms with van der Waals surface area (Å²) in [5.74, 6) is -0.0424. The molecule has 2 N–H and O–H groups in total. The molecule has 0 aliphatic heterocycles. The van der Waals surface area contributed by atoms with Crippen LogP contribution in [0.25, 0.3) is 0 Å². The van der Waals surface area contributed by atoms with Crippen molar-refractivity contribution >= 4 is 18.9 Å². The molecule has 1 rings (SSSR count). The van der Waals surface area contributed by atoms with Gasteiger partial charge in [0.25, 0.3) is 0 Å². The summed E-state index contributed by atoms with van der Waals surface area (Å²) in [6.45, 7) is 5.63. The first-order chi connectivity index (χ1) is 8.86. The Morgan fingerprint density at radius 2 is 1.74 bits per heavy atom. The van der Waals surface area contributed by atoms with Crippen molar-refractivity contribution in [2.45, 2.75) is 52.9 Å². The Bertz CT molecular complexity index is 497. The second kappa shape index (κ2) is 6.51. The molecule has 1 heterocycles. The SMILES string of the molecule is CCCCC(=O)c1oc(P(=O)(O)O)c(CC)c1CC. The molecule has 0 saturated carbocycles. The van der Waals surface area contributed by atoms with E-state index in [4.69, 9.17) is 4.42 Å². The van der Waals surface area contributed by atoms with Gasteiger partial charge in [-0.1, -0.05) is 27.2 Å². The predicted molar refractivity (Wildman–Crippen MR) is 73.0 cm³/mol. The van der Waals surface area contributed by atoms with Crippen molar-refractivity contribution < 1.29 is 23.6 Å². The van der Waals surface area contributed by atoms with E-state index in [-0.39, 0.29) is 17.0 Å². The number of ketones is 1. The van der Waals surface area contributed by atoms with Crippen LogP contribution < -0.4 is 5.50 Å². The highest BCUT2D eigenvalue weighted by Gasteiger charge is 2.31. The molecule has 19 heavy (non-hydrogen) atoms. The summed E-state index contributed by atoms with van der Waals surface area (Å²) in [4.78, 5) is 30.6. The van der Waals surface area contributed by atoms with E-state index in [0.29, 0.717) is 30.4 Å². The second-order valence-electron chi connectivity index (χ2n) is 4.47. The maximum Gasteiger partial charge on any atom is 0.391 e. The van der Waals surface area contributed by atoms with Gasteiger partial charge in [-0.05, 0) is 19.3 Å². The summed E-state index contributed by atoms with van der Waals surface area (Å²) in [5.41, 5.74) is 0.782. The number of rotatable bonds is 7. The molecule has 0 atom stereocenters. The summed E-state index contributed by atoms with van der Waals surface area (Å²) in [5, 5.41) is 0. The molecule has 1 aromatic rings. The Morgan fingerprint density at radius 3 is 2.16 bits per heavy atom. The van der Waals surface area contributed by atoms with Gasteiger partial charge in [-0.15, -0.1) is 0 Å². The molecule has 0 bridgehead atoms. The molecule has 0 amide bonds. The molecule has 6 heteroatoms. The molecule has 0 radical (unpaired) electrons. The fourth-order valence-corrected chi connectivity index (χ4v) is 2.99. The van der Waals surface area contributed by atoms with Crippen molar-refractivity contribution in [2.24, 2.45) is 0 Å². The average Bonchev–Trinajstić information content (AvgIpc) is 2.73. The topological polar surface area (TPSA) is 87.7 Å². The first-order valence-corrected chi connectivity index (χ1v) is 8.21. The van der Waals surface area contributed by atoms with Gasteiger partial charge < -0.3 is 14.2 Å². The molecule has 0 aliphatic rings. The monoisotopic (exact) mass is 288 g/mol. The van der Waals surface area contributed by atoms with Crippen LogP contribution in [0.15, 0.2) is 4.42 Å². The van der Waals surface area contributed by atoms with E-state index in [2.05, 4.69) is 0 Å². The first kappa shape index (κ1) is 16.2. The lowest BCUT2D eigenvalue weighted by molar-refractivity contribution is 0.0953. The van der Waals surface area contributed by atoms with Crippen molar-refractivity contribution in [2.75, 3.05) is 0 Å². The van der Waals surface area contributed by atoms with Crippen LogP contribution in [-0.2, 0) is 17.4 Å². The average molecular weight is 288 g/mol. The van der Waals surface area contributed by atoms with Crippen molar-refractivity contribution in [3.8, 4) is 0 Å². The molecule has 0 aromatic carbocycles. The number of carbonyl (C=O) groups excluding carboxylic acids is 1. The van der Waals surface area contributed by atoms with Crippen LogP contribution in [0.5, 0.6) is 0 Å². The molecule has 0 spiro atoms. The van der Waals surface area contributed by atoms with E-state index in [1.165, 1.54) is 0 Å². The molecule has 0 saturated heterocycles. The van der Waals surface area contributed by atoms with Crippen LogP contribution in [-0.4, -0.2) is 15.6 Å². The smallest absolute Gasteiger partial charge is 0.391 e. The van der Waals surface area contributed by atoms with Gasteiger partial charge in [-0.25, -0.2) is 0 Å². The molecular weight excluding hydrogens is 267 g/mol. The number of unbranched alkanes of at least 4 members (excludes halogenated alkanes) is 1. The lowest BCUT2D eigenvalue weighted by Gasteiger charge is -2.02. The van der Waals surface area contributed by atoms with Crippen molar-refractivity contribution in [1.29, 1.82) is 0 Å². The zero-order chi connectivity index (χ0) is 14.6. The number of Topliss-reactive ketones (excluding diaryl/α,β-unsaturated/α-hetero) is 1. The van der Waals surface area contributed by atoms with Gasteiger partial charge in [0.05, 0.1) is 0 Å². The van der Waals surface area contributed by atoms with E-state index in [0.717, 1.165) is 12.8 Å². The van der Waals surface area contributed by atoms with E-state index >= 15 is 0 Å². The molecule has 0 fully saturated rings. The lowest BCUT2D eigenvalue weighted by Crippen LogP contribution is -2.07. The van der Waals surface area contributed by atoms with E-state index in [9.17, 15) is 19.1 Å². The maximum absolute atomic E-state index is 12.0. The third kappa shape index (κ3) is 3.56. The predicted octanol–water partition coefficient (Wildman–Crippen LogP) is 2.58. The summed E-state index contributed by atoms with van der Waals surface area (Å²) < 4.78 is 16.7. The molecular formula is C13H21O5P. The normalized spacial score (nSPS) is 11.8. The van der Waals surface area contributed by atoms with Crippen LogP contribution in [0, 0.1) is 0 Å². The van der Waals surface area contributed by atoms with Gasteiger partial charge >= 0.3 is 7.60 Å². The third-order valence-electron chi connectivity index (χ3n) is 3.08. The quantitative estimate of drug-likeness (QED) is 0.594. The highest BCUT2D eigenvalue weighted by molar-refractivity contribution is 7.59. The summed E-state index contributed by atoms with van der Waals surface area (Å²) in [6.07, 6.45) is 2.95. The Labute approximate surface area is 113 Å². The number of carbonyl (C=O) groups is 1. The highest BCUT2D eigenvalue weighted by atomic mass is 31.2. The second-order valence-corrected chi connectivity index (χ2v) is 5.97. The van der Waals surface area contributed by atoms with Crippen molar-refractivity contribution in [3.63, 3.8) is 0 Å². The van der Waals surface area contributed by atoms with Crippen LogP contribution in [0.4, 0.5) is 0 Å². The van der Waals surface area contributed by atoms with Gasteiger partial charge in [0.1, 0.15) is 0 Å². The minimum atomic E-state index is -4.48. The highest BCUT2D eigenvalue weighted by Crippen LogP contribution is 2.38. The van der Waals surface area contributed by atoms with Crippen LogP contribution in [0.1, 0.15) is 61.7 Å². The Balaban J connectivity index is 3.29. The van der Waals surface area contributed by atoms with Gasteiger partial charge in [0.2, 0.25) is 5.50 Å². The van der Waals surface area contributed by atoms with Gasteiger partial charge in [0.15, 0.2) is 11.5 Å². The van der Waals surface area contributed by atoms with Crippen LogP contribution in [0.2, 0.25) is 0 Å².